The van der Waals surface area contributed by atoms with Gasteiger partial charge in [0.25, 0.3) is 5.91 Å². The van der Waals surface area contributed by atoms with Gasteiger partial charge in [0.15, 0.2) is 0 Å². The Morgan fingerprint density at radius 3 is 2.52 bits per heavy atom. The average molecular weight is 412 g/mol. The van der Waals surface area contributed by atoms with E-state index in [4.69, 9.17) is 4.98 Å². The first-order valence-electron chi connectivity index (χ1n) is 11.3. The summed E-state index contributed by atoms with van der Waals surface area (Å²) in [6.07, 6.45) is 8.65. The number of amides is 1. The van der Waals surface area contributed by atoms with Crippen LogP contribution >= 0.6 is 11.3 Å². The minimum absolute atomic E-state index is 0.173. The zero-order valence-electron chi connectivity index (χ0n) is 17.8. The number of aryl methyl sites for hydroxylation is 2. The van der Waals surface area contributed by atoms with Crippen LogP contribution in [0.1, 0.15) is 66.4 Å². The van der Waals surface area contributed by atoms with Crippen LogP contribution in [0.4, 0.5) is 0 Å². The van der Waals surface area contributed by atoms with Crippen molar-refractivity contribution in [1.82, 2.24) is 14.8 Å². The second-order valence-electron chi connectivity index (χ2n) is 8.46. The van der Waals surface area contributed by atoms with Crippen LogP contribution in [0.3, 0.4) is 0 Å². The first-order chi connectivity index (χ1) is 14.2. The standard InChI is InChI=1S/C24H33N3OS/c1-3-19-9-8-10-20(17-19)23-25-18(2)22(29-23)24(28)27-15-11-21(12-16-27)26-13-6-4-5-7-14-26/h8-10,17,21H,3-7,11-16H2,1-2H3. The van der Waals surface area contributed by atoms with E-state index in [1.165, 1.54) is 44.3 Å². The van der Waals surface area contributed by atoms with Crippen LogP contribution in [0.2, 0.25) is 0 Å². The van der Waals surface area contributed by atoms with Crippen molar-refractivity contribution in [1.29, 1.82) is 0 Å². The predicted molar refractivity (Wildman–Crippen MR) is 121 cm³/mol. The van der Waals surface area contributed by atoms with Crippen LogP contribution in [0.5, 0.6) is 0 Å². The molecule has 1 aromatic heterocycles. The van der Waals surface area contributed by atoms with Gasteiger partial charge in [0, 0.05) is 24.7 Å². The molecule has 1 aromatic carbocycles. The van der Waals surface area contributed by atoms with Crippen LogP contribution < -0.4 is 0 Å². The largest absolute Gasteiger partial charge is 0.338 e. The van der Waals surface area contributed by atoms with Crippen LogP contribution in [-0.2, 0) is 6.42 Å². The van der Waals surface area contributed by atoms with Crippen LogP contribution in [-0.4, -0.2) is 52.9 Å². The molecule has 156 valence electrons. The molecule has 2 aliphatic heterocycles. The van der Waals surface area contributed by atoms with E-state index in [9.17, 15) is 4.79 Å². The normalized spacial score (nSPS) is 19.3. The summed E-state index contributed by atoms with van der Waals surface area (Å²) in [5, 5.41) is 0.959. The summed E-state index contributed by atoms with van der Waals surface area (Å²) < 4.78 is 0. The lowest BCUT2D eigenvalue weighted by molar-refractivity contribution is 0.0626. The number of thiazole rings is 1. The number of benzene rings is 1. The minimum atomic E-state index is 0.173. The molecule has 0 spiro atoms. The van der Waals surface area contributed by atoms with E-state index >= 15 is 0 Å². The number of carbonyl (C=O) groups is 1. The molecule has 1 amide bonds. The van der Waals surface area contributed by atoms with Crippen molar-refractivity contribution in [3.8, 4) is 10.6 Å². The quantitative estimate of drug-likeness (QED) is 0.697. The van der Waals surface area contributed by atoms with Crippen LogP contribution in [0.25, 0.3) is 10.6 Å². The van der Waals surface area contributed by atoms with E-state index in [1.54, 1.807) is 11.3 Å². The van der Waals surface area contributed by atoms with Crippen LogP contribution in [0, 0.1) is 6.92 Å². The maximum absolute atomic E-state index is 13.2. The van der Waals surface area contributed by atoms with Gasteiger partial charge >= 0.3 is 0 Å². The molecule has 0 aliphatic carbocycles. The Bertz CT molecular complexity index is 830. The number of nitrogens with zero attached hydrogens (tertiary/aromatic N) is 3. The third-order valence-corrected chi connectivity index (χ3v) is 7.68. The molecule has 5 heteroatoms. The fourth-order valence-corrected chi connectivity index (χ4v) is 5.71. The highest BCUT2D eigenvalue weighted by atomic mass is 32.1. The maximum Gasteiger partial charge on any atom is 0.265 e. The molecule has 2 aromatic rings. The topological polar surface area (TPSA) is 36.4 Å². The third kappa shape index (κ3) is 4.72. The van der Waals surface area contributed by atoms with Gasteiger partial charge in [0.1, 0.15) is 9.88 Å². The maximum atomic E-state index is 13.2. The van der Waals surface area contributed by atoms with Gasteiger partial charge in [0.05, 0.1) is 5.69 Å². The third-order valence-electron chi connectivity index (χ3n) is 6.48. The van der Waals surface area contributed by atoms with Crippen molar-refractivity contribution in [3.05, 3.63) is 40.4 Å². The molecular formula is C24H33N3OS. The summed E-state index contributed by atoms with van der Waals surface area (Å²) in [7, 11) is 0. The minimum Gasteiger partial charge on any atom is -0.338 e. The molecule has 0 N–H and O–H groups in total. The molecule has 2 aliphatic rings. The Hall–Kier alpha value is -1.72. The zero-order valence-corrected chi connectivity index (χ0v) is 18.6. The highest BCUT2D eigenvalue weighted by Gasteiger charge is 2.29. The van der Waals surface area contributed by atoms with E-state index in [1.807, 2.05) is 6.92 Å². The number of rotatable bonds is 4. The van der Waals surface area contributed by atoms with Crippen molar-refractivity contribution < 1.29 is 4.79 Å². The average Bonchev–Trinajstić information content (AvgIpc) is 2.97. The lowest BCUT2D eigenvalue weighted by Gasteiger charge is -2.38. The SMILES string of the molecule is CCc1cccc(-c2nc(C)c(C(=O)N3CCC(N4CCCCCC4)CC3)s2)c1. The van der Waals surface area contributed by atoms with Gasteiger partial charge in [-0.25, -0.2) is 4.98 Å². The summed E-state index contributed by atoms with van der Waals surface area (Å²) in [5.74, 6) is 0.173. The molecule has 4 rings (SSSR count). The fraction of sp³-hybridized carbons (Fsp3) is 0.583. The van der Waals surface area contributed by atoms with Gasteiger partial charge < -0.3 is 9.80 Å². The van der Waals surface area contributed by atoms with Crippen molar-refractivity contribution in [2.24, 2.45) is 0 Å². The second kappa shape index (κ2) is 9.40. The molecular weight excluding hydrogens is 378 g/mol. The summed E-state index contributed by atoms with van der Waals surface area (Å²) in [6.45, 7) is 8.37. The molecule has 0 atom stereocenters. The Labute approximate surface area is 178 Å². The van der Waals surface area contributed by atoms with Gasteiger partial charge in [0.2, 0.25) is 0 Å². The van der Waals surface area contributed by atoms with Crippen molar-refractivity contribution in [3.63, 3.8) is 0 Å². The molecule has 0 unspecified atom stereocenters. The number of aromatic nitrogens is 1. The Balaban J connectivity index is 1.42. The van der Waals surface area contributed by atoms with Crippen molar-refractivity contribution >= 4 is 17.2 Å². The number of hydrogen-bond donors (Lipinski definition) is 0. The van der Waals surface area contributed by atoms with Gasteiger partial charge in [-0.2, -0.15) is 0 Å². The van der Waals surface area contributed by atoms with Gasteiger partial charge in [-0.15, -0.1) is 11.3 Å². The Morgan fingerprint density at radius 2 is 1.83 bits per heavy atom. The summed E-state index contributed by atoms with van der Waals surface area (Å²) in [5.41, 5.74) is 3.29. The van der Waals surface area contributed by atoms with Gasteiger partial charge in [-0.05, 0) is 63.7 Å². The zero-order chi connectivity index (χ0) is 20.2. The molecule has 2 fully saturated rings. The molecule has 2 saturated heterocycles. The molecule has 0 radical (unpaired) electrons. The number of hydrogen-bond acceptors (Lipinski definition) is 4. The monoisotopic (exact) mass is 411 g/mol. The molecule has 0 bridgehead atoms. The number of carbonyl (C=O) groups excluding carboxylic acids is 1. The summed E-state index contributed by atoms with van der Waals surface area (Å²) in [4.78, 5) is 23.5. The van der Waals surface area contributed by atoms with Crippen molar-refractivity contribution in [2.75, 3.05) is 26.2 Å². The van der Waals surface area contributed by atoms with E-state index in [0.717, 1.165) is 53.5 Å². The number of likely N-dealkylation sites (tertiary alicyclic amines) is 2. The smallest absolute Gasteiger partial charge is 0.265 e. The van der Waals surface area contributed by atoms with E-state index in [-0.39, 0.29) is 5.91 Å². The first kappa shape index (κ1) is 20.5. The lowest BCUT2D eigenvalue weighted by atomic mass is 10.0. The van der Waals surface area contributed by atoms with E-state index in [2.05, 4.69) is 41.0 Å². The Morgan fingerprint density at radius 1 is 1.10 bits per heavy atom. The molecule has 29 heavy (non-hydrogen) atoms. The molecule has 0 saturated carbocycles. The summed E-state index contributed by atoms with van der Waals surface area (Å²) >= 11 is 1.55. The summed E-state index contributed by atoms with van der Waals surface area (Å²) in [6, 6.07) is 9.18. The predicted octanol–water partition coefficient (Wildman–Crippen LogP) is 5.16. The lowest BCUT2D eigenvalue weighted by Crippen LogP contribution is -2.47. The Kier molecular flexibility index (Phi) is 6.66. The molecule has 4 nitrogen and oxygen atoms in total. The van der Waals surface area contributed by atoms with Crippen molar-refractivity contribution in [2.45, 2.75) is 64.8 Å². The van der Waals surface area contributed by atoms with E-state index < -0.39 is 0 Å². The molecule has 3 heterocycles. The second-order valence-corrected chi connectivity index (χ2v) is 9.46. The highest BCUT2D eigenvalue weighted by Crippen LogP contribution is 2.30. The number of piperidine rings is 1. The van der Waals surface area contributed by atoms with Gasteiger partial charge in [-0.3, -0.25) is 4.79 Å². The van der Waals surface area contributed by atoms with Crippen LogP contribution in [0.15, 0.2) is 24.3 Å². The van der Waals surface area contributed by atoms with E-state index in [0.29, 0.717) is 6.04 Å². The first-order valence-corrected chi connectivity index (χ1v) is 12.1. The fourth-order valence-electron chi connectivity index (χ4n) is 4.68. The van der Waals surface area contributed by atoms with Gasteiger partial charge in [-0.1, -0.05) is 38.0 Å². The highest BCUT2D eigenvalue weighted by molar-refractivity contribution is 7.17.